The lowest BCUT2D eigenvalue weighted by molar-refractivity contribution is 0.248. The molecule has 0 radical (unpaired) electrons. The molecule has 0 aromatic heterocycles. The molecule has 2 N–H and O–H groups in total. The lowest BCUT2D eigenvalue weighted by atomic mass is 9.99. The van der Waals surface area contributed by atoms with Crippen LogP contribution in [-0.4, -0.2) is 12.1 Å². The topological polar surface area (TPSA) is 41.1 Å². The SMILES string of the molecule is Cc1ccc(NC(=O)NC(Cc2ccccc2)Cc2ccccc2)cc1C. The van der Waals surface area contributed by atoms with Crippen molar-refractivity contribution in [3.63, 3.8) is 0 Å². The number of nitrogens with one attached hydrogen (secondary N) is 2. The average Bonchev–Trinajstić information content (AvgIpc) is 2.66. The quantitative estimate of drug-likeness (QED) is 0.618. The van der Waals surface area contributed by atoms with Crippen LogP contribution in [0.3, 0.4) is 0 Å². The first kappa shape index (κ1) is 18.7. The van der Waals surface area contributed by atoms with Crippen molar-refractivity contribution in [3.8, 4) is 0 Å². The van der Waals surface area contributed by atoms with Gasteiger partial charge in [0.25, 0.3) is 0 Å². The Morgan fingerprint density at radius 3 is 1.85 bits per heavy atom. The highest BCUT2D eigenvalue weighted by atomic mass is 16.2. The molecule has 0 saturated heterocycles. The summed E-state index contributed by atoms with van der Waals surface area (Å²) in [7, 11) is 0. The van der Waals surface area contributed by atoms with Gasteiger partial charge in [-0.05, 0) is 61.1 Å². The lowest BCUT2D eigenvalue weighted by Crippen LogP contribution is -2.40. The Morgan fingerprint density at radius 2 is 1.33 bits per heavy atom. The van der Waals surface area contributed by atoms with Gasteiger partial charge in [-0.3, -0.25) is 0 Å². The first-order valence-corrected chi connectivity index (χ1v) is 9.33. The molecule has 0 heterocycles. The summed E-state index contributed by atoms with van der Waals surface area (Å²) in [6.45, 7) is 4.11. The zero-order valence-corrected chi connectivity index (χ0v) is 15.9. The fraction of sp³-hybridized carbons (Fsp3) is 0.208. The molecule has 0 spiro atoms. The van der Waals surface area contributed by atoms with E-state index in [-0.39, 0.29) is 12.1 Å². The van der Waals surface area contributed by atoms with Gasteiger partial charge in [0.2, 0.25) is 0 Å². The van der Waals surface area contributed by atoms with Crippen LogP contribution in [0, 0.1) is 13.8 Å². The third-order valence-electron chi connectivity index (χ3n) is 4.75. The standard InChI is InChI=1S/C24H26N2O/c1-18-13-14-22(15-19(18)2)25-24(27)26-23(16-20-9-5-3-6-10-20)17-21-11-7-4-8-12-21/h3-15,23H,16-17H2,1-2H3,(H2,25,26,27). The highest BCUT2D eigenvalue weighted by Gasteiger charge is 2.14. The fourth-order valence-electron chi connectivity index (χ4n) is 3.14. The molecule has 3 aromatic rings. The molecular formula is C24H26N2O. The highest BCUT2D eigenvalue weighted by molar-refractivity contribution is 5.89. The van der Waals surface area contributed by atoms with Gasteiger partial charge in [-0.2, -0.15) is 0 Å². The molecular weight excluding hydrogens is 332 g/mol. The number of carbonyl (C=O) groups is 1. The Labute approximate surface area is 161 Å². The van der Waals surface area contributed by atoms with Crippen molar-refractivity contribution in [3.05, 3.63) is 101 Å². The summed E-state index contributed by atoms with van der Waals surface area (Å²) in [5, 5.41) is 6.11. The maximum atomic E-state index is 12.6. The number of carbonyl (C=O) groups excluding carboxylic acids is 1. The molecule has 138 valence electrons. The third kappa shape index (κ3) is 5.71. The van der Waals surface area contributed by atoms with Gasteiger partial charge in [0, 0.05) is 11.7 Å². The van der Waals surface area contributed by atoms with E-state index in [9.17, 15) is 4.79 Å². The molecule has 3 aromatic carbocycles. The Hall–Kier alpha value is -3.07. The summed E-state index contributed by atoms with van der Waals surface area (Å²) in [5.74, 6) is 0. The van der Waals surface area contributed by atoms with E-state index in [1.165, 1.54) is 16.7 Å². The van der Waals surface area contributed by atoms with E-state index < -0.39 is 0 Å². The van der Waals surface area contributed by atoms with E-state index in [1.54, 1.807) is 0 Å². The molecule has 0 aliphatic rings. The lowest BCUT2D eigenvalue weighted by Gasteiger charge is -2.20. The van der Waals surface area contributed by atoms with Gasteiger partial charge >= 0.3 is 6.03 Å². The molecule has 2 amide bonds. The minimum absolute atomic E-state index is 0.0151. The normalized spacial score (nSPS) is 10.6. The van der Waals surface area contributed by atoms with Crippen LogP contribution in [0.4, 0.5) is 10.5 Å². The van der Waals surface area contributed by atoms with Gasteiger partial charge in [-0.1, -0.05) is 66.7 Å². The van der Waals surface area contributed by atoms with Crippen LogP contribution in [0.1, 0.15) is 22.3 Å². The summed E-state index contributed by atoms with van der Waals surface area (Å²) >= 11 is 0. The van der Waals surface area contributed by atoms with Gasteiger partial charge < -0.3 is 10.6 Å². The van der Waals surface area contributed by atoms with E-state index in [1.807, 2.05) is 61.5 Å². The second kappa shape index (κ2) is 9.04. The molecule has 3 nitrogen and oxygen atoms in total. The van der Waals surface area contributed by atoms with Crippen molar-refractivity contribution in [2.45, 2.75) is 32.7 Å². The Balaban J connectivity index is 1.69. The number of benzene rings is 3. The summed E-state index contributed by atoms with van der Waals surface area (Å²) in [4.78, 5) is 12.6. The van der Waals surface area contributed by atoms with Crippen molar-refractivity contribution in [2.24, 2.45) is 0 Å². The smallest absolute Gasteiger partial charge is 0.319 e. The zero-order chi connectivity index (χ0) is 19.1. The van der Waals surface area contributed by atoms with Crippen molar-refractivity contribution < 1.29 is 4.79 Å². The highest BCUT2D eigenvalue weighted by Crippen LogP contribution is 2.15. The van der Waals surface area contributed by atoms with Crippen LogP contribution in [0.5, 0.6) is 0 Å². The molecule has 0 bridgehead atoms. The first-order chi connectivity index (χ1) is 13.1. The molecule has 27 heavy (non-hydrogen) atoms. The van der Waals surface area contributed by atoms with E-state index in [2.05, 4.69) is 41.8 Å². The van der Waals surface area contributed by atoms with Gasteiger partial charge in [0.05, 0.1) is 0 Å². The fourth-order valence-corrected chi connectivity index (χ4v) is 3.14. The van der Waals surface area contributed by atoms with E-state index >= 15 is 0 Å². The van der Waals surface area contributed by atoms with Crippen LogP contribution in [0.25, 0.3) is 0 Å². The number of aryl methyl sites for hydroxylation is 2. The van der Waals surface area contributed by atoms with Gasteiger partial charge in [-0.15, -0.1) is 0 Å². The average molecular weight is 358 g/mol. The summed E-state index contributed by atoms with van der Waals surface area (Å²) in [5.41, 5.74) is 5.62. The molecule has 0 aliphatic heterocycles. The van der Waals surface area contributed by atoms with E-state index in [0.29, 0.717) is 0 Å². The Morgan fingerprint density at radius 1 is 0.778 bits per heavy atom. The number of anilines is 1. The van der Waals surface area contributed by atoms with Crippen LogP contribution >= 0.6 is 0 Å². The van der Waals surface area contributed by atoms with Gasteiger partial charge in [-0.25, -0.2) is 4.79 Å². The van der Waals surface area contributed by atoms with Gasteiger partial charge in [0.1, 0.15) is 0 Å². The second-order valence-corrected chi connectivity index (χ2v) is 6.97. The molecule has 0 aliphatic carbocycles. The molecule has 3 rings (SSSR count). The maximum absolute atomic E-state index is 12.6. The predicted molar refractivity (Wildman–Crippen MR) is 112 cm³/mol. The molecule has 0 saturated carbocycles. The monoisotopic (exact) mass is 358 g/mol. The molecule has 0 atom stereocenters. The van der Waals surface area contributed by atoms with Crippen LogP contribution in [0.2, 0.25) is 0 Å². The number of hydrogen-bond acceptors (Lipinski definition) is 1. The number of amides is 2. The number of hydrogen-bond donors (Lipinski definition) is 2. The summed E-state index contributed by atoms with van der Waals surface area (Å²) in [6.07, 6.45) is 1.58. The van der Waals surface area contributed by atoms with Crippen molar-refractivity contribution in [2.75, 3.05) is 5.32 Å². The minimum atomic E-state index is -0.171. The van der Waals surface area contributed by atoms with Crippen molar-refractivity contribution >= 4 is 11.7 Å². The Kier molecular flexibility index (Phi) is 6.26. The number of urea groups is 1. The summed E-state index contributed by atoms with van der Waals surface area (Å²) in [6, 6.07) is 26.3. The van der Waals surface area contributed by atoms with Crippen LogP contribution < -0.4 is 10.6 Å². The first-order valence-electron chi connectivity index (χ1n) is 9.33. The molecule has 0 fully saturated rings. The predicted octanol–water partition coefficient (Wildman–Crippen LogP) is 5.28. The van der Waals surface area contributed by atoms with Crippen LogP contribution in [-0.2, 0) is 12.8 Å². The molecule has 3 heteroatoms. The second-order valence-electron chi connectivity index (χ2n) is 6.97. The maximum Gasteiger partial charge on any atom is 0.319 e. The van der Waals surface area contributed by atoms with Crippen molar-refractivity contribution in [1.29, 1.82) is 0 Å². The third-order valence-corrected chi connectivity index (χ3v) is 4.75. The van der Waals surface area contributed by atoms with Gasteiger partial charge in [0.15, 0.2) is 0 Å². The molecule has 0 unspecified atom stereocenters. The van der Waals surface area contributed by atoms with Crippen molar-refractivity contribution in [1.82, 2.24) is 5.32 Å². The zero-order valence-electron chi connectivity index (χ0n) is 15.9. The van der Waals surface area contributed by atoms with E-state index in [0.717, 1.165) is 24.1 Å². The van der Waals surface area contributed by atoms with Crippen LogP contribution in [0.15, 0.2) is 78.9 Å². The Bertz CT molecular complexity index is 834. The minimum Gasteiger partial charge on any atom is -0.334 e. The number of rotatable bonds is 6. The van der Waals surface area contributed by atoms with E-state index in [4.69, 9.17) is 0 Å². The summed E-state index contributed by atoms with van der Waals surface area (Å²) < 4.78 is 0. The largest absolute Gasteiger partial charge is 0.334 e.